The van der Waals surface area contributed by atoms with E-state index in [0.29, 0.717) is 13.0 Å². The van der Waals surface area contributed by atoms with Crippen LogP contribution in [0, 0.1) is 11.8 Å². The number of ether oxygens (including phenoxy) is 1. The van der Waals surface area contributed by atoms with Gasteiger partial charge < -0.3 is 14.7 Å². The van der Waals surface area contributed by atoms with E-state index in [1.54, 1.807) is 4.90 Å². The summed E-state index contributed by atoms with van der Waals surface area (Å²) < 4.78 is 5.85. The van der Waals surface area contributed by atoms with Crippen LogP contribution in [0.4, 0.5) is 0 Å². The number of carbonyl (C=O) groups is 2. The zero-order valence-corrected chi connectivity index (χ0v) is 12.6. The lowest BCUT2D eigenvalue weighted by Gasteiger charge is -2.23. The first-order chi connectivity index (χ1) is 10.6. The Labute approximate surface area is 129 Å². The second-order valence-electron chi connectivity index (χ2n) is 6.02. The Bertz CT molecular complexity index is 559. The zero-order valence-electron chi connectivity index (χ0n) is 12.6. The van der Waals surface area contributed by atoms with Crippen molar-refractivity contribution in [2.24, 2.45) is 11.8 Å². The van der Waals surface area contributed by atoms with Crippen LogP contribution in [-0.4, -0.2) is 34.7 Å². The highest BCUT2D eigenvalue weighted by atomic mass is 16.5. The van der Waals surface area contributed by atoms with E-state index < -0.39 is 18.1 Å². The van der Waals surface area contributed by atoms with Gasteiger partial charge in [-0.2, -0.15) is 0 Å². The van der Waals surface area contributed by atoms with Crippen LogP contribution in [0.2, 0.25) is 0 Å². The number of carboxylic acid groups (broad SMARTS) is 1. The average molecular weight is 303 g/mol. The number of carboxylic acids is 1. The number of unbranched alkanes of at least 4 members (excludes halogenated alkanes) is 1. The van der Waals surface area contributed by atoms with Gasteiger partial charge in [-0.1, -0.05) is 50.1 Å². The molecule has 5 nitrogen and oxygen atoms in total. The second kappa shape index (κ2) is 6.08. The largest absolute Gasteiger partial charge is 0.481 e. The van der Waals surface area contributed by atoms with Crippen LogP contribution in [0.15, 0.2) is 30.3 Å². The molecule has 2 heterocycles. The van der Waals surface area contributed by atoms with E-state index in [2.05, 4.69) is 6.92 Å². The normalized spacial score (nSPS) is 30.6. The molecule has 5 heteroatoms. The predicted molar refractivity (Wildman–Crippen MR) is 79.9 cm³/mol. The quantitative estimate of drug-likeness (QED) is 0.848. The second-order valence-corrected chi connectivity index (χ2v) is 6.02. The van der Waals surface area contributed by atoms with Gasteiger partial charge in [0.2, 0.25) is 5.91 Å². The van der Waals surface area contributed by atoms with Crippen molar-refractivity contribution in [1.29, 1.82) is 0 Å². The molecule has 0 aromatic heterocycles. The van der Waals surface area contributed by atoms with Gasteiger partial charge in [-0.15, -0.1) is 0 Å². The minimum atomic E-state index is -1.03. The summed E-state index contributed by atoms with van der Waals surface area (Å²) in [5, 5.41) is 9.46. The Morgan fingerprint density at radius 1 is 1.36 bits per heavy atom. The molecule has 22 heavy (non-hydrogen) atoms. The maximum atomic E-state index is 12.7. The molecule has 0 bridgehead atoms. The summed E-state index contributed by atoms with van der Waals surface area (Å²) in [7, 11) is 0. The van der Waals surface area contributed by atoms with Crippen LogP contribution in [0.1, 0.15) is 37.8 Å². The summed E-state index contributed by atoms with van der Waals surface area (Å²) in [5.41, 5.74) is 0.999. The van der Waals surface area contributed by atoms with Crippen molar-refractivity contribution < 1.29 is 19.4 Å². The lowest BCUT2D eigenvalue weighted by atomic mass is 9.89. The minimum Gasteiger partial charge on any atom is -0.481 e. The number of nitrogens with zero attached hydrogens (tertiary/aromatic N) is 1. The fourth-order valence-electron chi connectivity index (χ4n) is 3.61. The van der Waals surface area contributed by atoms with E-state index in [4.69, 9.17) is 4.74 Å². The third-order valence-electron chi connectivity index (χ3n) is 4.69. The predicted octanol–water partition coefficient (Wildman–Crippen LogP) is 2.43. The number of aliphatic carboxylic acids is 1. The Morgan fingerprint density at radius 3 is 2.73 bits per heavy atom. The van der Waals surface area contributed by atoms with E-state index in [-0.39, 0.29) is 17.9 Å². The Morgan fingerprint density at radius 2 is 2.09 bits per heavy atom. The highest BCUT2D eigenvalue weighted by molar-refractivity contribution is 5.99. The molecule has 2 aliphatic rings. The fraction of sp³-hybridized carbons (Fsp3) is 0.529. The van der Waals surface area contributed by atoms with Crippen LogP contribution >= 0.6 is 0 Å². The summed E-state index contributed by atoms with van der Waals surface area (Å²) in [6.45, 7) is 2.50. The average Bonchev–Trinajstić information content (AvgIpc) is 3.06. The van der Waals surface area contributed by atoms with Crippen LogP contribution in [-0.2, 0) is 14.3 Å². The first-order valence-corrected chi connectivity index (χ1v) is 7.86. The number of carbonyl (C=O) groups excluding carboxylic acids is 1. The zero-order chi connectivity index (χ0) is 15.7. The topological polar surface area (TPSA) is 66.8 Å². The van der Waals surface area contributed by atoms with Crippen molar-refractivity contribution in [3.05, 3.63) is 35.9 Å². The van der Waals surface area contributed by atoms with E-state index in [0.717, 1.165) is 18.4 Å². The van der Waals surface area contributed by atoms with Crippen molar-refractivity contribution in [2.45, 2.75) is 38.5 Å². The number of amides is 1. The Hall–Kier alpha value is -1.88. The third kappa shape index (κ3) is 2.39. The van der Waals surface area contributed by atoms with Gasteiger partial charge >= 0.3 is 5.97 Å². The van der Waals surface area contributed by atoms with Crippen molar-refractivity contribution in [1.82, 2.24) is 4.90 Å². The fourth-order valence-corrected chi connectivity index (χ4v) is 3.61. The van der Waals surface area contributed by atoms with Gasteiger partial charge in [0, 0.05) is 5.92 Å². The Kier molecular flexibility index (Phi) is 4.16. The molecule has 0 radical (unpaired) electrons. The van der Waals surface area contributed by atoms with Gasteiger partial charge in [-0.3, -0.25) is 9.59 Å². The van der Waals surface area contributed by atoms with Gasteiger partial charge in [-0.05, 0) is 12.0 Å². The van der Waals surface area contributed by atoms with Gasteiger partial charge in [0.25, 0.3) is 0 Å². The molecule has 0 aliphatic carbocycles. The van der Waals surface area contributed by atoms with Gasteiger partial charge in [0.15, 0.2) is 0 Å². The van der Waals surface area contributed by atoms with E-state index in [1.165, 1.54) is 0 Å². The van der Waals surface area contributed by atoms with E-state index in [1.807, 2.05) is 30.3 Å². The highest BCUT2D eigenvalue weighted by Crippen LogP contribution is 2.44. The standard InChI is InChI=1S/C17H21NO4/c1-2-3-9-12-14(17(20)21)15(19)18-13(10-22-16(12)18)11-7-5-4-6-8-11/h4-8,12-14,16H,2-3,9-10H2,1H3,(H,20,21)/t12-,13+,14-,16+/m0/s1. The van der Waals surface area contributed by atoms with E-state index >= 15 is 0 Å². The van der Waals surface area contributed by atoms with E-state index in [9.17, 15) is 14.7 Å². The number of rotatable bonds is 5. The summed E-state index contributed by atoms with van der Waals surface area (Å²) in [6, 6.07) is 9.51. The van der Waals surface area contributed by atoms with Gasteiger partial charge in [0.05, 0.1) is 12.6 Å². The molecule has 118 valence electrons. The molecule has 2 fully saturated rings. The molecule has 2 aliphatic heterocycles. The summed E-state index contributed by atoms with van der Waals surface area (Å²) >= 11 is 0. The molecule has 1 aromatic carbocycles. The smallest absolute Gasteiger partial charge is 0.316 e. The van der Waals surface area contributed by atoms with Crippen molar-refractivity contribution in [3.8, 4) is 0 Å². The molecule has 2 saturated heterocycles. The molecule has 1 N–H and O–H groups in total. The SMILES string of the molecule is CCCC[C@H]1[C@H](C(=O)O)C(=O)N2[C@@H](c3ccccc3)CO[C@H]12. The maximum Gasteiger partial charge on any atom is 0.316 e. The molecule has 0 saturated carbocycles. The lowest BCUT2D eigenvalue weighted by molar-refractivity contribution is -0.149. The molecule has 0 spiro atoms. The molecule has 1 amide bonds. The van der Waals surface area contributed by atoms with Gasteiger partial charge in [0.1, 0.15) is 12.1 Å². The van der Waals surface area contributed by atoms with Crippen molar-refractivity contribution in [3.63, 3.8) is 0 Å². The molecule has 4 atom stereocenters. The van der Waals surface area contributed by atoms with Crippen LogP contribution < -0.4 is 0 Å². The summed E-state index contributed by atoms with van der Waals surface area (Å²) in [6.07, 6.45) is 2.20. The number of hydrogen-bond acceptors (Lipinski definition) is 3. The molecule has 1 aromatic rings. The number of hydrogen-bond donors (Lipinski definition) is 1. The molecular weight excluding hydrogens is 282 g/mol. The highest BCUT2D eigenvalue weighted by Gasteiger charge is 2.57. The molecule has 0 unspecified atom stereocenters. The number of benzene rings is 1. The maximum absolute atomic E-state index is 12.7. The van der Waals surface area contributed by atoms with Gasteiger partial charge in [-0.25, -0.2) is 0 Å². The molecular formula is C17H21NO4. The van der Waals surface area contributed by atoms with Crippen LogP contribution in [0.25, 0.3) is 0 Å². The first kappa shape index (κ1) is 15.0. The Balaban J connectivity index is 1.89. The lowest BCUT2D eigenvalue weighted by Crippen LogP contribution is -2.33. The van der Waals surface area contributed by atoms with Crippen molar-refractivity contribution in [2.75, 3.05) is 6.61 Å². The van der Waals surface area contributed by atoms with Crippen LogP contribution in [0.3, 0.4) is 0 Å². The summed E-state index contributed by atoms with van der Waals surface area (Å²) in [4.78, 5) is 25.9. The molecule has 3 rings (SSSR count). The first-order valence-electron chi connectivity index (χ1n) is 7.86. The van der Waals surface area contributed by atoms with Crippen LogP contribution in [0.5, 0.6) is 0 Å². The third-order valence-corrected chi connectivity index (χ3v) is 4.69. The summed E-state index contributed by atoms with van der Waals surface area (Å²) in [5.74, 6) is -2.55. The van der Waals surface area contributed by atoms with Crippen molar-refractivity contribution >= 4 is 11.9 Å². The monoisotopic (exact) mass is 303 g/mol. The minimum absolute atomic E-state index is 0.174. The number of fused-ring (bicyclic) bond motifs is 1.